The molecule has 0 amide bonds. The van der Waals surface area contributed by atoms with E-state index < -0.39 is 0 Å². The Balaban J connectivity index is 1.79. The minimum atomic E-state index is 0.802. The molecule has 1 unspecified atom stereocenters. The van der Waals surface area contributed by atoms with E-state index in [9.17, 15) is 0 Å². The van der Waals surface area contributed by atoms with Crippen molar-refractivity contribution in [3.63, 3.8) is 0 Å². The summed E-state index contributed by atoms with van der Waals surface area (Å²) in [6, 6.07) is 6.23. The van der Waals surface area contributed by atoms with Crippen LogP contribution in [0.25, 0.3) is 0 Å². The summed E-state index contributed by atoms with van der Waals surface area (Å²) >= 11 is 3.51. The van der Waals surface area contributed by atoms with Gasteiger partial charge in [0.15, 0.2) is 0 Å². The molecule has 3 heteroatoms. The zero-order chi connectivity index (χ0) is 12.8. The molecule has 2 rings (SSSR count). The second-order valence-electron chi connectivity index (χ2n) is 4.75. The van der Waals surface area contributed by atoms with E-state index in [-0.39, 0.29) is 0 Å². The van der Waals surface area contributed by atoms with Crippen molar-refractivity contribution in [2.75, 3.05) is 13.7 Å². The number of ether oxygens (including phenoxy) is 1. The molecule has 98 valence electrons. The summed E-state index contributed by atoms with van der Waals surface area (Å²) < 4.78 is 6.24. The number of rotatable bonds is 5. The third-order valence-corrected chi connectivity index (χ3v) is 3.98. The van der Waals surface area contributed by atoms with Crippen LogP contribution in [0.3, 0.4) is 0 Å². The van der Waals surface area contributed by atoms with Gasteiger partial charge >= 0.3 is 0 Å². The highest BCUT2D eigenvalue weighted by molar-refractivity contribution is 9.10. The van der Waals surface area contributed by atoms with Crippen LogP contribution in [-0.4, -0.2) is 13.7 Å². The molecule has 1 atom stereocenters. The maximum Gasteiger partial charge on any atom is 0.133 e. The van der Waals surface area contributed by atoms with Crippen molar-refractivity contribution in [3.05, 3.63) is 40.4 Å². The first-order valence-electron chi connectivity index (χ1n) is 6.47. The molecule has 2 nitrogen and oxygen atoms in total. The van der Waals surface area contributed by atoms with Crippen molar-refractivity contribution < 1.29 is 4.74 Å². The van der Waals surface area contributed by atoms with Crippen LogP contribution in [0.15, 0.2) is 34.8 Å². The van der Waals surface area contributed by atoms with E-state index in [1.54, 1.807) is 7.11 Å². The van der Waals surface area contributed by atoms with E-state index in [1.807, 2.05) is 6.07 Å². The Labute approximate surface area is 118 Å². The van der Waals surface area contributed by atoms with E-state index in [2.05, 4.69) is 45.5 Å². The molecule has 0 heterocycles. The lowest BCUT2D eigenvalue weighted by Gasteiger charge is -2.18. The Bertz CT molecular complexity index is 417. The average Bonchev–Trinajstić information content (AvgIpc) is 2.40. The van der Waals surface area contributed by atoms with Gasteiger partial charge < -0.3 is 10.1 Å². The van der Waals surface area contributed by atoms with Gasteiger partial charge in [-0.2, -0.15) is 0 Å². The maximum atomic E-state index is 5.22. The summed E-state index contributed by atoms with van der Waals surface area (Å²) in [6.07, 6.45) is 8.37. The average molecular weight is 310 g/mol. The van der Waals surface area contributed by atoms with Crippen LogP contribution in [0.4, 0.5) is 0 Å². The first kappa shape index (κ1) is 13.6. The molecule has 0 bridgehead atoms. The van der Waals surface area contributed by atoms with E-state index in [1.165, 1.54) is 24.8 Å². The monoisotopic (exact) mass is 309 g/mol. The zero-order valence-electron chi connectivity index (χ0n) is 10.8. The predicted molar refractivity (Wildman–Crippen MR) is 78.9 cm³/mol. The van der Waals surface area contributed by atoms with E-state index in [4.69, 9.17) is 4.74 Å². The lowest BCUT2D eigenvalue weighted by atomic mass is 9.94. The first-order valence-corrected chi connectivity index (χ1v) is 7.27. The van der Waals surface area contributed by atoms with E-state index >= 15 is 0 Å². The highest BCUT2D eigenvalue weighted by Crippen LogP contribution is 2.25. The van der Waals surface area contributed by atoms with Crippen LogP contribution < -0.4 is 10.1 Å². The lowest BCUT2D eigenvalue weighted by Crippen LogP contribution is -2.23. The fraction of sp³-hybridized carbons (Fsp3) is 0.467. The van der Waals surface area contributed by atoms with Crippen molar-refractivity contribution in [1.29, 1.82) is 0 Å². The summed E-state index contributed by atoms with van der Waals surface area (Å²) in [7, 11) is 1.69. The van der Waals surface area contributed by atoms with Gasteiger partial charge in [0.1, 0.15) is 5.75 Å². The standard InChI is InChI=1S/C15H20BrNO/c1-18-15-8-7-13(9-14(15)16)11-17-10-12-5-3-2-4-6-12/h2-3,7-9,12,17H,4-6,10-11H2,1H3. The van der Waals surface area contributed by atoms with Gasteiger partial charge in [-0.15, -0.1) is 0 Å². The predicted octanol–water partition coefficient (Wildman–Crippen LogP) is 3.90. The van der Waals surface area contributed by atoms with Crippen LogP contribution >= 0.6 is 15.9 Å². The second-order valence-corrected chi connectivity index (χ2v) is 5.60. The smallest absolute Gasteiger partial charge is 0.133 e. The molecule has 1 N–H and O–H groups in total. The molecule has 1 aliphatic carbocycles. The molecule has 0 aliphatic heterocycles. The van der Waals surface area contributed by atoms with Crippen molar-refractivity contribution in [2.24, 2.45) is 5.92 Å². The summed E-state index contributed by atoms with van der Waals surface area (Å²) in [5, 5.41) is 3.54. The number of hydrogen-bond acceptors (Lipinski definition) is 2. The van der Waals surface area contributed by atoms with Gasteiger partial charge in [0.25, 0.3) is 0 Å². The molecular weight excluding hydrogens is 290 g/mol. The molecule has 1 aromatic rings. The van der Waals surface area contributed by atoms with Crippen molar-refractivity contribution in [2.45, 2.75) is 25.8 Å². The summed E-state index contributed by atoms with van der Waals surface area (Å²) in [4.78, 5) is 0. The topological polar surface area (TPSA) is 21.3 Å². The van der Waals surface area contributed by atoms with E-state index in [0.29, 0.717) is 0 Å². The van der Waals surface area contributed by atoms with Gasteiger partial charge in [-0.3, -0.25) is 0 Å². The molecule has 0 fully saturated rings. The van der Waals surface area contributed by atoms with Gasteiger partial charge in [0, 0.05) is 6.54 Å². The summed E-state index contributed by atoms with van der Waals surface area (Å²) in [5.74, 6) is 1.69. The number of methoxy groups -OCH3 is 1. The van der Waals surface area contributed by atoms with Crippen molar-refractivity contribution in [3.8, 4) is 5.75 Å². The van der Waals surface area contributed by atoms with Crippen LogP contribution in [0.2, 0.25) is 0 Å². The Hall–Kier alpha value is -0.800. The molecule has 0 aromatic heterocycles. The maximum absolute atomic E-state index is 5.22. The third-order valence-electron chi connectivity index (χ3n) is 3.36. The van der Waals surface area contributed by atoms with Crippen molar-refractivity contribution in [1.82, 2.24) is 5.32 Å². The Morgan fingerprint density at radius 3 is 2.94 bits per heavy atom. The second kappa shape index (κ2) is 6.95. The minimum absolute atomic E-state index is 0.802. The quantitative estimate of drug-likeness (QED) is 0.833. The van der Waals surface area contributed by atoms with Crippen molar-refractivity contribution >= 4 is 15.9 Å². The SMILES string of the molecule is COc1ccc(CNCC2CC=CCC2)cc1Br. The Kier molecular flexibility index (Phi) is 5.26. The molecule has 0 saturated heterocycles. The van der Waals surface area contributed by atoms with Gasteiger partial charge in [-0.1, -0.05) is 18.2 Å². The van der Waals surface area contributed by atoms with E-state index in [0.717, 1.165) is 29.2 Å². The Morgan fingerprint density at radius 2 is 2.28 bits per heavy atom. The minimum Gasteiger partial charge on any atom is -0.496 e. The summed E-state index contributed by atoms with van der Waals surface area (Å²) in [6.45, 7) is 2.02. The number of hydrogen-bond donors (Lipinski definition) is 1. The first-order chi connectivity index (χ1) is 8.79. The number of nitrogens with one attached hydrogen (secondary N) is 1. The molecule has 18 heavy (non-hydrogen) atoms. The van der Waals surface area contributed by atoms with Crippen LogP contribution in [0.5, 0.6) is 5.75 Å². The van der Waals surface area contributed by atoms with Crippen LogP contribution in [0, 0.1) is 5.92 Å². The third kappa shape index (κ3) is 3.85. The fourth-order valence-electron chi connectivity index (χ4n) is 2.28. The highest BCUT2D eigenvalue weighted by atomic mass is 79.9. The molecular formula is C15H20BrNO. The van der Waals surface area contributed by atoms with Gasteiger partial charge in [-0.25, -0.2) is 0 Å². The van der Waals surface area contributed by atoms with Gasteiger partial charge in [0.05, 0.1) is 11.6 Å². The van der Waals surface area contributed by atoms with Crippen LogP contribution in [-0.2, 0) is 6.54 Å². The number of halogens is 1. The van der Waals surface area contributed by atoms with Gasteiger partial charge in [-0.05, 0) is 65.4 Å². The molecule has 1 aliphatic rings. The van der Waals surface area contributed by atoms with Gasteiger partial charge in [0.2, 0.25) is 0 Å². The summed E-state index contributed by atoms with van der Waals surface area (Å²) in [5.41, 5.74) is 1.29. The fourth-order valence-corrected chi connectivity index (χ4v) is 2.87. The largest absolute Gasteiger partial charge is 0.496 e. The zero-order valence-corrected chi connectivity index (χ0v) is 12.4. The number of allylic oxidation sites excluding steroid dienone is 2. The molecule has 0 spiro atoms. The Morgan fingerprint density at radius 1 is 1.39 bits per heavy atom. The normalized spacial score (nSPS) is 18.9. The lowest BCUT2D eigenvalue weighted by molar-refractivity contribution is 0.411. The van der Waals surface area contributed by atoms with Crippen LogP contribution in [0.1, 0.15) is 24.8 Å². The number of benzene rings is 1. The molecule has 0 radical (unpaired) electrons. The highest BCUT2D eigenvalue weighted by Gasteiger charge is 2.09. The molecule has 0 saturated carbocycles. The molecule has 1 aromatic carbocycles.